The summed E-state index contributed by atoms with van der Waals surface area (Å²) in [6.07, 6.45) is 2.35. The number of methoxy groups -OCH3 is 1. The highest BCUT2D eigenvalue weighted by molar-refractivity contribution is 6.21. The number of carbonyl (C=O) groups excluding carboxylic acids is 3. The summed E-state index contributed by atoms with van der Waals surface area (Å²) in [4.78, 5) is 42.1. The number of hydrogen-bond acceptors (Lipinski definition) is 5. The van der Waals surface area contributed by atoms with Crippen molar-refractivity contribution >= 4 is 29.1 Å². The number of nitrogens with zero attached hydrogens (tertiary/aromatic N) is 2. The smallest absolute Gasteiger partial charge is 0.261 e. The number of nitrogens with one attached hydrogen (secondary N) is 1. The molecule has 7 heteroatoms. The fourth-order valence-corrected chi connectivity index (χ4v) is 4.55. The van der Waals surface area contributed by atoms with Crippen LogP contribution in [0.2, 0.25) is 0 Å². The van der Waals surface area contributed by atoms with Crippen LogP contribution in [0.5, 0.6) is 5.75 Å². The lowest BCUT2D eigenvalue weighted by Gasteiger charge is -2.19. The largest absolute Gasteiger partial charge is 0.496 e. The molecule has 5 rings (SSSR count). The summed E-state index contributed by atoms with van der Waals surface area (Å²) in [6, 6.07) is 19.7. The SMILES string of the molecule is COc1ccc(CN2C(=O)c3ccccc3C2=O)cc1C(=O)Nc1cccc(N2CCCC2)c1. The maximum atomic E-state index is 13.2. The number of rotatable bonds is 6. The summed E-state index contributed by atoms with van der Waals surface area (Å²) in [7, 11) is 1.50. The molecule has 2 aliphatic rings. The molecule has 0 aromatic heterocycles. The predicted octanol–water partition coefficient (Wildman–Crippen LogP) is 4.34. The van der Waals surface area contributed by atoms with E-state index in [0.29, 0.717) is 33.7 Å². The standard InChI is InChI=1S/C27H25N3O4/c1-34-24-12-11-18(17-30-26(32)21-9-2-3-10-22(21)27(30)33)15-23(24)25(31)28-19-7-6-8-20(16-19)29-13-4-5-14-29/h2-3,6-12,15-16H,4-5,13-14,17H2,1H3,(H,28,31). The zero-order valence-corrected chi connectivity index (χ0v) is 18.9. The Morgan fingerprint density at radius 3 is 2.29 bits per heavy atom. The highest BCUT2D eigenvalue weighted by atomic mass is 16.5. The minimum absolute atomic E-state index is 0.0705. The lowest BCUT2D eigenvalue weighted by Crippen LogP contribution is -2.29. The van der Waals surface area contributed by atoms with E-state index in [4.69, 9.17) is 4.74 Å². The van der Waals surface area contributed by atoms with E-state index in [1.165, 1.54) is 24.9 Å². The molecule has 0 spiro atoms. The molecule has 7 nitrogen and oxygen atoms in total. The van der Waals surface area contributed by atoms with Crippen molar-refractivity contribution in [3.05, 3.63) is 89.0 Å². The summed E-state index contributed by atoms with van der Waals surface area (Å²) < 4.78 is 5.41. The van der Waals surface area contributed by atoms with Crippen LogP contribution < -0.4 is 15.0 Å². The van der Waals surface area contributed by atoms with Gasteiger partial charge >= 0.3 is 0 Å². The third kappa shape index (κ3) is 4.01. The van der Waals surface area contributed by atoms with Crippen molar-refractivity contribution in [1.82, 2.24) is 4.90 Å². The van der Waals surface area contributed by atoms with Gasteiger partial charge in [0, 0.05) is 24.5 Å². The molecule has 0 saturated carbocycles. The number of hydrogen-bond donors (Lipinski definition) is 1. The monoisotopic (exact) mass is 455 g/mol. The third-order valence-corrected chi connectivity index (χ3v) is 6.30. The van der Waals surface area contributed by atoms with E-state index in [1.54, 1.807) is 42.5 Å². The lowest BCUT2D eigenvalue weighted by atomic mass is 10.1. The Labute approximate surface area is 197 Å². The van der Waals surface area contributed by atoms with Crippen LogP contribution in [0.4, 0.5) is 11.4 Å². The molecule has 0 bridgehead atoms. The summed E-state index contributed by atoms with van der Waals surface area (Å²) in [5.74, 6) is -0.568. The van der Waals surface area contributed by atoms with E-state index in [9.17, 15) is 14.4 Å². The van der Waals surface area contributed by atoms with E-state index < -0.39 is 0 Å². The quantitative estimate of drug-likeness (QED) is 0.560. The first-order chi connectivity index (χ1) is 16.5. The van der Waals surface area contributed by atoms with E-state index in [2.05, 4.69) is 10.2 Å². The molecule has 0 aliphatic carbocycles. The van der Waals surface area contributed by atoms with Gasteiger partial charge in [0.2, 0.25) is 0 Å². The van der Waals surface area contributed by atoms with Crippen LogP contribution in [0, 0.1) is 0 Å². The maximum Gasteiger partial charge on any atom is 0.261 e. The van der Waals surface area contributed by atoms with Crippen LogP contribution in [0.25, 0.3) is 0 Å². The van der Waals surface area contributed by atoms with Crippen molar-refractivity contribution in [2.45, 2.75) is 19.4 Å². The fraction of sp³-hybridized carbons (Fsp3) is 0.222. The predicted molar refractivity (Wildman–Crippen MR) is 129 cm³/mol. The molecule has 2 heterocycles. The van der Waals surface area contributed by atoms with Crippen LogP contribution in [0.15, 0.2) is 66.7 Å². The van der Waals surface area contributed by atoms with Gasteiger partial charge in [-0.3, -0.25) is 19.3 Å². The van der Waals surface area contributed by atoms with Gasteiger partial charge in [-0.15, -0.1) is 0 Å². The van der Waals surface area contributed by atoms with E-state index in [0.717, 1.165) is 18.8 Å². The molecule has 2 aliphatic heterocycles. The molecular weight excluding hydrogens is 430 g/mol. The minimum atomic E-state index is -0.332. The molecule has 3 aromatic carbocycles. The van der Waals surface area contributed by atoms with Crippen molar-refractivity contribution in [3.63, 3.8) is 0 Å². The molecule has 172 valence electrons. The molecule has 3 amide bonds. The first-order valence-electron chi connectivity index (χ1n) is 11.3. The number of carbonyl (C=O) groups is 3. The molecule has 1 N–H and O–H groups in total. The maximum absolute atomic E-state index is 13.2. The number of ether oxygens (including phenoxy) is 1. The van der Waals surface area contributed by atoms with Gasteiger partial charge < -0.3 is 15.0 Å². The van der Waals surface area contributed by atoms with Crippen molar-refractivity contribution in [1.29, 1.82) is 0 Å². The van der Waals surface area contributed by atoms with Crippen LogP contribution in [0.3, 0.4) is 0 Å². The number of amides is 3. The normalized spacial score (nSPS) is 15.0. The Hall–Kier alpha value is -4.13. The second-order valence-electron chi connectivity index (χ2n) is 8.48. The lowest BCUT2D eigenvalue weighted by molar-refractivity contribution is 0.0642. The number of benzene rings is 3. The second kappa shape index (κ2) is 9.02. The van der Waals surface area contributed by atoms with Gasteiger partial charge in [0.05, 0.1) is 30.3 Å². The Morgan fingerprint density at radius 2 is 1.62 bits per heavy atom. The van der Waals surface area contributed by atoms with Gasteiger partial charge in [0.15, 0.2) is 0 Å². The minimum Gasteiger partial charge on any atom is -0.496 e. The average Bonchev–Trinajstić information content (AvgIpc) is 3.48. The zero-order chi connectivity index (χ0) is 23.7. The highest BCUT2D eigenvalue weighted by Crippen LogP contribution is 2.28. The number of anilines is 2. The first kappa shape index (κ1) is 21.7. The molecule has 0 radical (unpaired) electrons. The molecule has 1 saturated heterocycles. The Morgan fingerprint density at radius 1 is 0.912 bits per heavy atom. The van der Waals surface area contributed by atoms with Gasteiger partial charge in [-0.2, -0.15) is 0 Å². The fourth-order valence-electron chi connectivity index (χ4n) is 4.55. The van der Waals surface area contributed by atoms with Crippen LogP contribution >= 0.6 is 0 Å². The molecule has 1 fully saturated rings. The average molecular weight is 456 g/mol. The van der Waals surface area contributed by atoms with Gasteiger partial charge in [-0.05, 0) is 60.9 Å². The second-order valence-corrected chi connectivity index (χ2v) is 8.48. The summed E-state index contributed by atoms with van der Waals surface area (Å²) in [5, 5.41) is 2.96. The van der Waals surface area contributed by atoms with Crippen molar-refractivity contribution in [2.24, 2.45) is 0 Å². The molecule has 3 aromatic rings. The molecule has 0 unspecified atom stereocenters. The summed E-state index contributed by atoms with van der Waals surface area (Å²) in [5.41, 5.74) is 3.58. The van der Waals surface area contributed by atoms with Crippen LogP contribution in [0.1, 0.15) is 49.5 Å². The van der Waals surface area contributed by atoms with Gasteiger partial charge in [-0.25, -0.2) is 0 Å². The topological polar surface area (TPSA) is 78.9 Å². The van der Waals surface area contributed by atoms with Gasteiger partial charge in [0.25, 0.3) is 17.7 Å². The van der Waals surface area contributed by atoms with Crippen LogP contribution in [-0.4, -0.2) is 42.8 Å². The van der Waals surface area contributed by atoms with E-state index >= 15 is 0 Å². The van der Waals surface area contributed by atoms with E-state index in [1.807, 2.05) is 24.3 Å². The van der Waals surface area contributed by atoms with Gasteiger partial charge in [-0.1, -0.05) is 24.3 Å². The van der Waals surface area contributed by atoms with Crippen molar-refractivity contribution < 1.29 is 19.1 Å². The first-order valence-corrected chi connectivity index (χ1v) is 11.3. The van der Waals surface area contributed by atoms with Crippen molar-refractivity contribution in [3.8, 4) is 5.75 Å². The number of fused-ring (bicyclic) bond motifs is 1. The third-order valence-electron chi connectivity index (χ3n) is 6.30. The number of imide groups is 1. The van der Waals surface area contributed by atoms with Crippen molar-refractivity contribution in [2.75, 3.05) is 30.4 Å². The molecular formula is C27H25N3O4. The zero-order valence-electron chi connectivity index (χ0n) is 18.9. The summed E-state index contributed by atoms with van der Waals surface area (Å²) in [6.45, 7) is 2.11. The molecule has 34 heavy (non-hydrogen) atoms. The van der Waals surface area contributed by atoms with E-state index in [-0.39, 0.29) is 24.3 Å². The Bertz CT molecular complexity index is 1250. The summed E-state index contributed by atoms with van der Waals surface area (Å²) >= 11 is 0. The van der Waals surface area contributed by atoms with Gasteiger partial charge in [0.1, 0.15) is 5.75 Å². The Balaban J connectivity index is 1.36. The highest BCUT2D eigenvalue weighted by Gasteiger charge is 2.35. The molecule has 0 atom stereocenters. The van der Waals surface area contributed by atoms with Crippen LogP contribution in [-0.2, 0) is 6.54 Å². The Kier molecular flexibility index (Phi) is 5.76.